The van der Waals surface area contributed by atoms with Gasteiger partial charge in [0.2, 0.25) is 11.8 Å². The van der Waals surface area contributed by atoms with E-state index < -0.39 is 0 Å². The second-order valence-electron chi connectivity index (χ2n) is 8.52. The standard InChI is InChI=1S/C25H22ClN7O2/c1-16-15-31(11-12-32(16)25(34)27-18-6-3-2-4-7-18)24-28-20-14-17(26)9-10-19(20)22-29-30-23(33(22)24)21-8-5-13-35-21/h2-10,13-14,16H,11-12,15H2,1H3,(H,27,34)/t16-/m0/s1. The molecular weight excluding hydrogens is 466 g/mol. The van der Waals surface area contributed by atoms with E-state index in [4.69, 9.17) is 21.0 Å². The first-order valence-electron chi connectivity index (χ1n) is 11.3. The lowest BCUT2D eigenvalue weighted by molar-refractivity contribution is 0.184. The number of amides is 2. The van der Waals surface area contributed by atoms with Gasteiger partial charge in [-0.3, -0.25) is 0 Å². The zero-order valence-electron chi connectivity index (χ0n) is 18.9. The maximum Gasteiger partial charge on any atom is 0.322 e. The van der Waals surface area contributed by atoms with E-state index in [9.17, 15) is 4.79 Å². The van der Waals surface area contributed by atoms with Crippen molar-refractivity contribution < 1.29 is 9.21 Å². The molecule has 10 heteroatoms. The minimum atomic E-state index is -0.118. The Kier molecular flexibility index (Phi) is 5.26. The number of piperazine rings is 1. The highest BCUT2D eigenvalue weighted by Gasteiger charge is 2.31. The summed E-state index contributed by atoms with van der Waals surface area (Å²) in [4.78, 5) is 21.9. The Balaban J connectivity index is 1.37. The first-order chi connectivity index (χ1) is 17.1. The fraction of sp³-hybridized carbons (Fsp3) is 0.200. The van der Waals surface area contributed by atoms with Crippen LogP contribution >= 0.6 is 11.6 Å². The normalized spacial score (nSPS) is 16.2. The van der Waals surface area contributed by atoms with E-state index in [0.717, 1.165) is 16.6 Å². The molecular formula is C25H22ClN7O2. The van der Waals surface area contributed by atoms with E-state index in [1.807, 2.05) is 76.9 Å². The smallest absolute Gasteiger partial charge is 0.322 e. The molecule has 0 spiro atoms. The summed E-state index contributed by atoms with van der Waals surface area (Å²) in [5.41, 5.74) is 2.18. The quantitative estimate of drug-likeness (QED) is 0.388. The number of rotatable bonds is 3. The van der Waals surface area contributed by atoms with Crippen molar-refractivity contribution >= 4 is 45.8 Å². The molecule has 1 atom stereocenters. The minimum Gasteiger partial charge on any atom is -0.461 e. The van der Waals surface area contributed by atoms with Crippen LogP contribution in [0.25, 0.3) is 28.1 Å². The van der Waals surface area contributed by atoms with E-state index in [0.29, 0.717) is 47.8 Å². The summed E-state index contributed by atoms with van der Waals surface area (Å²) in [6.07, 6.45) is 1.61. The Labute approximate surface area is 205 Å². The third kappa shape index (κ3) is 3.83. The second kappa shape index (κ2) is 8.59. The number of nitrogens with one attached hydrogen (secondary N) is 1. The molecule has 176 valence electrons. The number of furan rings is 1. The average molecular weight is 488 g/mol. The second-order valence-corrected chi connectivity index (χ2v) is 8.95. The van der Waals surface area contributed by atoms with Gasteiger partial charge in [0.1, 0.15) is 0 Å². The molecule has 0 bridgehead atoms. The van der Waals surface area contributed by atoms with Crippen molar-refractivity contribution in [2.45, 2.75) is 13.0 Å². The summed E-state index contributed by atoms with van der Waals surface area (Å²) in [5, 5.41) is 13.3. The third-order valence-corrected chi connectivity index (χ3v) is 6.46. The van der Waals surface area contributed by atoms with E-state index in [-0.39, 0.29) is 12.1 Å². The van der Waals surface area contributed by atoms with Gasteiger partial charge in [-0.15, -0.1) is 10.2 Å². The van der Waals surface area contributed by atoms with Crippen molar-refractivity contribution in [3.63, 3.8) is 0 Å². The van der Waals surface area contributed by atoms with E-state index >= 15 is 0 Å². The van der Waals surface area contributed by atoms with Gasteiger partial charge in [0.05, 0.1) is 11.8 Å². The Bertz CT molecular complexity index is 1520. The van der Waals surface area contributed by atoms with E-state index in [1.54, 1.807) is 6.26 Å². The number of carbonyl (C=O) groups excluding carboxylic acids is 1. The van der Waals surface area contributed by atoms with Crippen LogP contribution in [0.15, 0.2) is 71.3 Å². The molecule has 0 unspecified atom stereocenters. The molecule has 6 rings (SSSR count). The topological polar surface area (TPSA) is 91.8 Å². The van der Waals surface area contributed by atoms with E-state index in [2.05, 4.69) is 20.4 Å². The molecule has 3 aromatic heterocycles. The number of carbonyl (C=O) groups is 1. The van der Waals surface area contributed by atoms with Crippen molar-refractivity contribution in [1.82, 2.24) is 24.5 Å². The van der Waals surface area contributed by atoms with Crippen molar-refractivity contribution in [2.75, 3.05) is 29.9 Å². The van der Waals surface area contributed by atoms with Gasteiger partial charge in [0.15, 0.2) is 11.4 Å². The monoisotopic (exact) mass is 487 g/mol. The van der Waals surface area contributed by atoms with Crippen LogP contribution in [0.5, 0.6) is 0 Å². The number of hydrogen-bond acceptors (Lipinski definition) is 6. The maximum absolute atomic E-state index is 12.9. The Hall–Kier alpha value is -4.11. The molecule has 1 fully saturated rings. The fourth-order valence-corrected chi connectivity index (χ4v) is 4.69. The molecule has 5 aromatic rings. The lowest BCUT2D eigenvalue weighted by Crippen LogP contribution is -2.55. The van der Waals surface area contributed by atoms with Crippen LogP contribution in [-0.4, -0.2) is 56.2 Å². The number of fused-ring (bicyclic) bond motifs is 3. The van der Waals surface area contributed by atoms with Crippen LogP contribution in [0, 0.1) is 0 Å². The summed E-state index contributed by atoms with van der Waals surface area (Å²) in [6, 6.07) is 18.5. The lowest BCUT2D eigenvalue weighted by Gasteiger charge is -2.40. The fourth-order valence-electron chi connectivity index (χ4n) is 4.53. The number of hydrogen-bond donors (Lipinski definition) is 1. The molecule has 4 heterocycles. The first kappa shape index (κ1) is 21.4. The summed E-state index contributed by atoms with van der Waals surface area (Å²) < 4.78 is 7.55. The average Bonchev–Trinajstić information content (AvgIpc) is 3.54. The van der Waals surface area contributed by atoms with Crippen LogP contribution in [0.4, 0.5) is 16.4 Å². The molecule has 1 aliphatic heterocycles. The number of para-hydroxylation sites is 1. The lowest BCUT2D eigenvalue weighted by atomic mass is 10.2. The molecule has 1 aliphatic rings. The van der Waals surface area contributed by atoms with Gasteiger partial charge < -0.3 is 19.5 Å². The zero-order chi connectivity index (χ0) is 23.9. The van der Waals surface area contributed by atoms with Crippen LogP contribution in [0.3, 0.4) is 0 Å². The molecule has 0 saturated carbocycles. The number of aromatic nitrogens is 4. The van der Waals surface area contributed by atoms with Gasteiger partial charge in [-0.2, -0.15) is 0 Å². The maximum atomic E-state index is 12.9. The van der Waals surface area contributed by atoms with Gasteiger partial charge >= 0.3 is 6.03 Å². The molecule has 0 radical (unpaired) electrons. The predicted molar refractivity (Wildman–Crippen MR) is 135 cm³/mol. The molecule has 2 aromatic carbocycles. The third-order valence-electron chi connectivity index (χ3n) is 6.22. The summed E-state index contributed by atoms with van der Waals surface area (Å²) in [6.45, 7) is 3.75. The van der Waals surface area contributed by atoms with Crippen molar-refractivity contribution in [1.29, 1.82) is 0 Å². The number of halogens is 1. The first-order valence-corrected chi connectivity index (χ1v) is 11.7. The van der Waals surface area contributed by atoms with Crippen molar-refractivity contribution in [2.24, 2.45) is 0 Å². The molecule has 1 N–H and O–H groups in total. The Morgan fingerprint density at radius 3 is 2.71 bits per heavy atom. The van der Waals surface area contributed by atoms with Crippen LogP contribution in [-0.2, 0) is 0 Å². The summed E-state index contributed by atoms with van der Waals surface area (Å²) in [5.74, 6) is 1.85. The SMILES string of the molecule is C[C@H]1CN(c2nc3cc(Cl)ccc3c3nnc(-c4ccco4)n23)CCN1C(=O)Nc1ccccc1. The minimum absolute atomic E-state index is 0.0529. The van der Waals surface area contributed by atoms with Gasteiger partial charge in [0.25, 0.3) is 0 Å². The molecule has 35 heavy (non-hydrogen) atoms. The largest absolute Gasteiger partial charge is 0.461 e. The van der Waals surface area contributed by atoms with Gasteiger partial charge in [-0.05, 0) is 49.4 Å². The summed E-state index contributed by atoms with van der Waals surface area (Å²) in [7, 11) is 0. The van der Waals surface area contributed by atoms with Crippen LogP contribution in [0.2, 0.25) is 5.02 Å². The molecule has 0 aliphatic carbocycles. The van der Waals surface area contributed by atoms with E-state index in [1.165, 1.54) is 0 Å². The number of urea groups is 1. The number of nitrogens with zero attached hydrogens (tertiary/aromatic N) is 6. The summed E-state index contributed by atoms with van der Waals surface area (Å²) >= 11 is 6.28. The highest BCUT2D eigenvalue weighted by molar-refractivity contribution is 6.31. The number of benzene rings is 2. The molecule has 1 saturated heterocycles. The highest BCUT2D eigenvalue weighted by Crippen LogP contribution is 2.31. The van der Waals surface area contributed by atoms with Crippen LogP contribution < -0.4 is 10.2 Å². The zero-order valence-corrected chi connectivity index (χ0v) is 19.7. The van der Waals surface area contributed by atoms with Crippen molar-refractivity contribution in [3.05, 3.63) is 71.9 Å². The molecule has 9 nitrogen and oxygen atoms in total. The van der Waals surface area contributed by atoms with Gasteiger partial charge in [0, 0.05) is 41.8 Å². The molecule has 2 amide bonds. The van der Waals surface area contributed by atoms with Gasteiger partial charge in [-0.1, -0.05) is 29.8 Å². The van der Waals surface area contributed by atoms with Crippen molar-refractivity contribution in [3.8, 4) is 11.6 Å². The Morgan fingerprint density at radius 1 is 1.09 bits per heavy atom. The van der Waals surface area contributed by atoms with Gasteiger partial charge in [-0.25, -0.2) is 14.2 Å². The highest BCUT2D eigenvalue weighted by atomic mass is 35.5. The Morgan fingerprint density at radius 2 is 1.94 bits per heavy atom. The predicted octanol–water partition coefficient (Wildman–Crippen LogP) is 4.93. The number of anilines is 2. The van der Waals surface area contributed by atoms with Crippen LogP contribution in [0.1, 0.15) is 6.92 Å².